The minimum absolute atomic E-state index is 0.134. The van der Waals surface area contributed by atoms with Gasteiger partial charge in [0.05, 0.1) is 5.92 Å². The van der Waals surface area contributed by atoms with Gasteiger partial charge < -0.3 is 4.74 Å². The fourth-order valence-corrected chi connectivity index (χ4v) is 6.25. The standard InChI is InChI=1S/C25H37F5O2S/c1-2-3-4-5-6-19-7-9-20(10-8-19)21-11-13-22(14-12-21)25(31)32-23-15-17-24(18-16-23)33(26,27,28,29)30/h15-22H,2-14H2,1H3/t19-,20-,21-,22-. The normalized spacial score (nSPS) is 28.5. The van der Waals surface area contributed by atoms with Gasteiger partial charge in [-0.2, -0.15) is 0 Å². The highest BCUT2D eigenvalue weighted by Crippen LogP contribution is 3.02. The molecule has 3 rings (SSSR count). The molecule has 2 aliphatic carbocycles. The van der Waals surface area contributed by atoms with Crippen LogP contribution in [0.25, 0.3) is 0 Å². The quantitative estimate of drug-likeness (QED) is 0.147. The molecule has 0 unspecified atom stereocenters. The summed E-state index contributed by atoms with van der Waals surface area (Å²) in [4.78, 5) is 10.5. The molecule has 2 aliphatic rings. The molecule has 0 spiro atoms. The molecule has 0 aromatic heterocycles. The van der Waals surface area contributed by atoms with Crippen LogP contribution >= 0.6 is 10.2 Å². The highest BCUT2D eigenvalue weighted by atomic mass is 32.5. The van der Waals surface area contributed by atoms with E-state index < -0.39 is 21.1 Å². The third kappa shape index (κ3) is 7.86. The predicted molar refractivity (Wildman–Crippen MR) is 123 cm³/mol. The second-order valence-corrected chi connectivity index (χ2v) is 12.5. The predicted octanol–water partition coefficient (Wildman–Crippen LogP) is 9.83. The lowest BCUT2D eigenvalue weighted by atomic mass is 9.68. The summed E-state index contributed by atoms with van der Waals surface area (Å²) in [5.41, 5.74) is 0. The summed E-state index contributed by atoms with van der Waals surface area (Å²) >= 11 is 0. The average Bonchev–Trinajstić information content (AvgIpc) is 2.76. The third-order valence-electron chi connectivity index (χ3n) is 7.62. The van der Waals surface area contributed by atoms with Crippen LogP contribution in [0.1, 0.15) is 90.4 Å². The van der Waals surface area contributed by atoms with Crippen LogP contribution in [0.5, 0.6) is 5.75 Å². The number of carbonyl (C=O) groups is 1. The highest BCUT2D eigenvalue weighted by Gasteiger charge is 2.65. The van der Waals surface area contributed by atoms with E-state index in [9.17, 15) is 24.2 Å². The molecule has 0 saturated heterocycles. The number of hydrogen-bond acceptors (Lipinski definition) is 2. The Hall–Kier alpha value is -1.31. The summed E-state index contributed by atoms with van der Waals surface area (Å²) < 4.78 is 69.3. The first-order chi connectivity index (χ1) is 15.4. The molecule has 1 aromatic rings. The molecular formula is C25H37F5O2S. The molecule has 0 heterocycles. The van der Waals surface area contributed by atoms with Crippen LogP contribution in [0.3, 0.4) is 0 Å². The number of esters is 1. The van der Waals surface area contributed by atoms with Crippen molar-refractivity contribution in [3.05, 3.63) is 24.3 Å². The zero-order valence-corrected chi connectivity index (χ0v) is 20.2. The molecule has 2 saturated carbocycles. The monoisotopic (exact) mass is 496 g/mol. The van der Waals surface area contributed by atoms with Gasteiger partial charge >= 0.3 is 16.2 Å². The van der Waals surface area contributed by atoms with Crippen molar-refractivity contribution in [2.45, 2.75) is 95.3 Å². The summed E-state index contributed by atoms with van der Waals surface area (Å²) in [5, 5.41) is 0. The van der Waals surface area contributed by atoms with Crippen LogP contribution in [-0.2, 0) is 4.79 Å². The Morgan fingerprint density at radius 3 is 1.88 bits per heavy atom. The van der Waals surface area contributed by atoms with Crippen molar-refractivity contribution in [2.75, 3.05) is 0 Å². The molecule has 0 bridgehead atoms. The maximum Gasteiger partial charge on any atom is 0.314 e. The Bertz CT molecular complexity index is 778. The number of ether oxygens (including phenoxy) is 1. The zero-order valence-electron chi connectivity index (χ0n) is 19.4. The van der Waals surface area contributed by atoms with Gasteiger partial charge in [-0.1, -0.05) is 71.3 Å². The van der Waals surface area contributed by atoms with E-state index in [0.29, 0.717) is 18.8 Å². The zero-order chi connectivity index (χ0) is 24.2. The topological polar surface area (TPSA) is 26.3 Å². The minimum Gasteiger partial charge on any atom is -0.426 e. The van der Waals surface area contributed by atoms with Gasteiger partial charge in [-0.05, 0) is 80.5 Å². The summed E-state index contributed by atoms with van der Waals surface area (Å²) in [6.45, 7) is 2.23. The van der Waals surface area contributed by atoms with Gasteiger partial charge in [-0.15, -0.1) is 0 Å². The van der Waals surface area contributed by atoms with E-state index in [4.69, 9.17) is 4.74 Å². The van der Waals surface area contributed by atoms with Crippen LogP contribution < -0.4 is 4.74 Å². The second kappa shape index (κ2) is 9.74. The van der Waals surface area contributed by atoms with Crippen molar-refractivity contribution in [3.63, 3.8) is 0 Å². The van der Waals surface area contributed by atoms with E-state index in [1.165, 1.54) is 57.8 Å². The van der Waals surface area contributed by atoms with Crippen LogP contribution in [0.4, 0.5) is 19.4 Å². The molecule has 0 amide bonds. The largest absolute Gasteiger partial charge is 0.426 e. The third-order valence-corrected chi connectivity index (χ3v) is 8.78. The fourth-order valence-electron chi connectivity index (χ4n) is 5.60. The van der Waals surface area contributed by atoms with Crippen LogP contribution in [0.2, 0.25) is 0 Å². The summed E-state index contributed by atoms with van der Waals surface area (Å²) in [5.74, 6) is 1.33. The smallest absolute Gasteiger partial charge is 0.314 e. The van der Waals surface area contributed by atoms with Gasteiger partial charge in [0, 0.05) is 0 Å². The maximum absolute atomic E-state index is 12.8. The molecule has 8 heteroatoms. The molecule has 1 aromatic carbocycles. The number of rotatable bonds is 9. The van der Waals surface area contributed by atoms with E-state index >= 15 is 0 Å². The Kier molecular flexibility index (Phi) is 7.77. The van der Waals surface area contributed by atoms with Gasteiger partial charge in [0.25, 0.3) is 0 Å². The highest BCUT2D eigenvalue weighted by molar-refractivity contribution is 8.45. The first kappa shape index (κ1) is 26.3. The number of carbonyl (C=O) groups excluding carboxylic acids is 1. The molecule has 0 atom stereocenters. The van der Waals surface area contributed by atoms with Crippen molar-refractivity contribution < 1.29 is 29.0 Å². The van der Waals surface area contributed by atoms with E-state index in [1.807, 2.05) is 0 Å². The van der Waals surface area contributed by atoms with Crippen LogP contribution in [0, 0.1) is 23.7 Å². The summed E-state index contributed by atoms with van der Waals surface area (Å²) in [7, 11) is -9.72. The lowest BCUT2D eigenvalue weighted by Gasteiger charge is -2.40. The van der Waals surface area contributed by atoms with E-state index in [1.54, 1.807) is 0 Å². The van der Waals surface area contributed by atoms with Gasteiger partial charge in [-0.3, -0.25) is 4.79 Å². The minimum atomic E-state index is -9.72. The summed E-state index contributed by atoms with van der Waals surface area (Å²) in [6.07, 6.45) is 15.2. The molecule has 0 aliphatic heterocycles. The number of unbranched alkanes of at least 4 members (excludes halogenated alkanes) is 3. The molecule has 33 heavy (non-hydrogen) atoms. The lowest BCUT2D eigenvalue weighted by molar-refractivity contribution is -0.140. The van der Waals surface area contributed by atoms with Crippen molar-refractivity contribution >= 4 is 16.2 Å². The average molecular weight is 497 g/mol. The molecule has 2 nitrogen and oxygen atoms in total. The number of benzene rings is 1. The van der Waals surface area contributed by atoms with Gasteiger partial charge in [0.1, 0.15) is 10.6 Å². The van der Waals surface area contributed by atoms with Gasteiger partial charge in [-0.25, -0.2) is 0 Å². The SMILES string of the molecule is CCCCCC[C@H]1CC[C@H]([C@H]2CC[C@H](C(=O)Oc3ccc(S(F)(F)(F)(F)F)cc3)CC2)CC1. The lowest BCUT2D eigenvalue weighted by Crippen LogP contribution is -2.30. The van der Waals surface area contributed by atoms with E-state index in [0.717, 1.165) is 36.8 Å². The Labute approximate surface area is 194 Å². The van der Waals surface area contributed by atoms with Crippen molar-refractivity contribution in [1.82, 2.24) is 0 Å². The number of halogens is 5. The molecule has 0 radical (unpaired) electrons. The van der Waals surface area contributed by atoms with Crippen molar-refractivity contribution in [3.8, 4) is 5.75 Å². The van der Waals surface area contributed by atoms with Crippen molar-refractivity contribution in [2.24, 2.45) is 23.7 Å². The van der Waals surface area contributed by atoms with Crippen LogP contribution in [0.15, 0.2) is 29.2 Å². The second-order valence-electron chi connectivity index (χ2n) is 10.1. The first-order valence-electron chi connectivity index (χ1n) is 12.4. The molecule has 190 valence electrons. The fraction of sp³-hybridized carbons (Fsp3) is 0.720. The maximum atomic E-state index is 12.8. The number of hydrogen-bond donors (Lipinski definition) is 0. The van der Waals surface area contributed by atoms with Gasteiger partial charge in [0.2, 0.25) is 0 Å². The summed E-state index contributed by atoms with van der Waals surface area (Å²) in [6, 6.07) is 2.14. The van der Waals surface area contributed by atoms with E-state index in [2.05, 4.69) is 6.92 Å². The van der Waals surface area contributed by atoms with Crippen molar-refractivity contribution in [1.29, 1.82) is 0 Å². The van der Waals surface area contributed by atoms with Gasteiger partial charge in [0.15, 0.2) is 0 Å². The van der Waals surface area contributed by atoms with Crippen LogP contribution in [-0.4, -0.2) is 5.97 Å². The molecular weight excluding hydrogens is 459 g/mol. The van der Waals surface area contributed by atoms with E-state index in [-0.39, 0.29) is 23.8 Å². The first-order valence-corrected chi connectivity index (χ1v) is 14.4. The molecule has 2 fully saturated rings. The Morgan fingerprint density at radius 1 is 0.818 bits per heavy atom. The Balaban J connectivity index is 1.41. The molecule has 0 N–H and O–H groups in total. The Morgan fingerprint density at radius 2 is 1.36 bits per heavy atom.